The van der Waals surface area contributed by atoms with Crippen LogP contribution in [0.5, 0.6) is 0 Å². The van der Waals surface area contributed by atoms with Gasteiger partial charge in [-0.05, 0) is 65.7 Å². The van der Waals surface area contributed by atoms with E-state index < -0.39 is 5.60 Å². The second-order valence-electron chi connectivity index (χ2n) is 8.16. The van der Waals surface area contributed by atoms with Crippen molar-refractivity contribution in [1.82, 2.24) is 10.2 Å². The van der Waals surface area contributed by atoms with E-state index in [0.717, 1.165) is 25.8 Å². The van der Waals surface area contributed by atoms with Crippen molar-refractivity contribution in [2.75, 3.05) is 13.2 Å². The van der Waals surface area contributed by atoms with Gasteiger partial charge in [-0.25, -0.2) is 4.79 Å². The zero-order valence-corrected chi connectivity index (χ0v) is 15.2. The largest absolute Gasteiger partial charge is 0.444 e. The molecule has 5 heteroatoms. The van der Waals surface area contributed by atoms with Crippen molar-refractivity contribution in [3.05, 3.63) is 0 Å². The van der Waals surface area contributed by atoms with E-state index in [4.69, 9.17) is 9.84 Å². The maximum absolute atomic E-state index is 12.5. The fourth-order valence-electron chi connectivity index (χ4n) is 4.08. The van der Waals surface area contributed by atoms with Gasteiger partial charge >= 0.3 is 6.09 Å². The summed E-state index contributed by atoms with van der Waals surface area (Å²) >= 11 is 0. The Morgan fingerprint density at radius 3 is 2.70 bits per heavy atom. The summed E-state index contributed by atoms with van der Waals surface area (Å²) < 4.78 is 5.60. The average molecular weight is 326 g/mol. The minimum Gasteiger partial charge on any atom is -0.444 e. The number of carbonyl (C=O) groups is 1. The fraction of sp³-hybridized carbons (Fsp3) is 0.944. The molecule has 0 bridgehead atoms. The molecule has 4 unspecified atom stereocenters. The molecular weight excluding hydrogens is 292 g/mol. The Balaban J connectivity index is 1.99. The van der Waals surface area contributed by atoms with Gasteiger partial charge in [-0.3, -0.25) is 0 Å². The van der Waals surface area contributed by atoms with E-state index in [2.05, 4.69) is 12.2 Å². The molecule has 1 aliphatic heterocycles. The number of nitrogens with one attached hydrogen (secondary N) is 1. The van der Waals surface area contributed by atoms with Crippen molar-refractivity contribution in [1.29, 1.82) is 0 Å². The number of rotatable bonds is 5. The van der Waals surface area contributed by atoms with Crippen LogP contribution in [0.15, 0.2) is 0 Å². The molecule has 1 saturated heterocycles. The highest BCUT2D eigenvalue weighted by Crippen LogP contribution is 2.36. The molecule has 23 heavy (non-hydrogen) atoms. The zero-order valence-electron chi connectivity index (χ0n) is 15.2. The van der Waals surface area contributed by atoms with Crippen molar-refractivity contribution in [3.8, 4) is 0 Å². The van der Waals surface area contributed by atoms with Gasteiger partial charge in [0.15, 0.2) is 0 Å². The first kappa shape index (κ1) is 18.5. The van der Waals surface area contributed by atoms with Crippen LogP contribution in [0, 0.1) is 5.92 Å². The zero-order chi connectivity index (χ0) is 17.0. The second-order valence-corrected chi connectivity index (χ2v) is 8.16. The SMILES string of the molecule is CC(CCO)NC1CCCC1C1CCCN1C(=O)OC(C)(C)C. The molecule has 1 heterocycles. The summed E-state index contributed by atoms with van der Waals surface area (Å²) in [7, 11) is 0. The summed E-state index contributed by atoms with van der Waals surface area (Å²) in [6.07, 6.45) is 6.33. The molecule has 1 amide bonds. The maximum atomic E-state index is 12.5. The van der Waals surface area contributed by atoms with Crippen LogP contribution in [0.25, 0.3) is 0 Å². The van der Waals surface area contributed by atoms with Gasteiger partial charge in [0.25, 0.3) is 0 Å². The highest BCUT2D eigenvalue weighted by molar-refractivity contribution is 5.69. The maximum Gasteiger partial charge on any atom is 0.410 e. The van der Waals surface area contributed by atoms with Crippen LogP contribution in [-0.4, -0.2) is 53.0 Å². The second kappa shape index (κ2) is 7.84. The van der Waals surface area contributed by atoms with E-state index >= 15 is 0 Å². The number of nitrogens with zero attached hydrogens (tertiary/aromatic N) is 1. The minimum absolute atomic E-state index is 0.158. The van der Waals surface area contributed by atoms with Crippen LogP contribution in [0.2, 0.25) is 0 Å². The molecule has 0 aromatic heterocycles. The summed E-state index contributed by atoms with van der Waals surface area (Å²) in [6, 6.07) is 1.07. The summed E-state index contributed by atoms with van der Waals surface area (Å²) in [5.41, 5.74) is -0.437. The molecule has 2 rings (SSSR count). The molecule has 134 valence electrons. The Kier molecular flexibility index (Phi) is 6.32. The Labute approximate surface area is 140 Å². The lowest BCUT2D eigenvalue weighted by molar-refractivity contribution is 0.0165. The van der Waals surface area contributed by atoms with Crippen molar-refractivity contribution in [3.63, 3.8) is 0 Å². The molecule has 0 aromatic rings. The normalized spacial score (nSPS) is 29.8. The third kappa shape index (κ3) is 5.08. The molecule has 0 spiro atoms. The van der Waals surface area contributed by atoms with Gasteiger partial charge in [0.1, 0.15) is 5.60 Å². The Morgan fingerprint density at radius 2 is 2.04 bits per heavy atom. The highest BCUT2D eigenvalue weighted by atomic mass is 16.6. The van der Waals surface area contributed by atoms with Crippen LogP contribution in [-0.2, 0) is 4.74 Å². The van der Waals surface area contributed by atoms with E-state index in [1.165, 1.54) is 19.3 Å². The van der Waals surface area contributed by atoms with Gasteiger partial charge in [0.2, 0.25) is 0 Å². The number of likely N-dealkylation sites (tertiary alicyclic amines) is 1. The fourth-order valence-corrected chi connectivity index (χ4v) is 4.08. The quantitative estimate of drug-likeness (QED) is 0.815. The number of amides is 1. The van der Waals surface area contributed by atoms with Crippen LogP contribution in [0.4, 0.5) is 4.79 Å². The Bertz CT molecular complexity index is 394. The van der Waals surface area contributed by atoms with Crippen molar-refractivity contribution in [2.24, 2.45) is 5.92 Å². The first-order chi connectivity index (χ1) is 10.8. The summed E-state index contributed by atoms with van der Waals surface area (Å²) in [5.74, 6) is 0.506. The van der Waals surface area contributed by atoms with Crippen molar-refractivity contribution in [2.45, 2.75) is 89.9 Å². The lowest BCUT2D eigenvalue weighted by Crippen LogP contribution is -2.49. The molecular formula is C18H34N2O3. The van der Waals surface area contributed by atoms with Crippen LogP contribution in [0.1, 0.15) is 66.2 Å². The summed E-state index contributed by atoms with van der Waals surface area (Å²) in [4.78, 5) is 14.5. The van der Waals surface area contributed by atoms with Crippen LogP contribution < -0.4 is 5.32 Å². The van der Waals surface area contributed by atoms with E-state index in [1.807, 2.05) is 25.7 Å². The standard InChI is InChI=1S/C18H34N2O3/c1-13(10-12-21)19-15-8-5-7-14(15)16-9-6-11-20(16)17(22)23-18(2,3)4/h13-16,19,21H,5-12H2,1-4H3. The van der Waals surface area contributed by atoms with E-state index in [-0.39, 0.29) is 12.7 Å². The summed E-state index contributed by atoms with van der Waals surface area (Å²) in [6.45, 7) is 8.94. The molecule has 2 aliphatic rings. The molecule has 0 radical (unpaired) electrons. The third-order valence-electron chi connectivity index (χ3n) is 5.05. The van der Waals surface area contributed by atoms with E-state index in [9.17, 15) is 4.79 Å². The van der Waals surface area contributed by atoms with Crippen LogP contribution >= 0.6 is 0 Å². The average Bonchev–Trinajstić information content (AvgIpc) is 3.04. The Morgan fingerprint density at radius 1 is 1.30 bits per heavy atom. The highest BCUT2D eigenvalue weighted by Gasteiger charge is 2.42. The number of ether oxygens (including phenoxy) is 1. The van der Waals surface area contributed by atoms with E-state index in [1.54, 1.807) is 0 Å². The summed E-state index contributed by atoms with van der Waals surface area (Å²) in [5, 5.41) is 12.8. The number of hydrogen-bond acceptors (Lipinski definition) is 4. The number of aliphatic hydroxyl groups excluding tert-OH is 1. The van der Waals surface area contributed by atoms with Gasteiger partial charge in [0, 0.05) is 31.3 Å². The lowest BCUT2D eigenvalue weighted by Gasteiger charge is -2.35. The third-order valence-corrected chi connectivity index (χ3v) is 5.05. The predicted octanol–water partition coefficient (Wildman–Crippen LogP) is 2.92. The minimum atomic E-state index is -0.437. The molecule has 1 aliphatic carbocycles. The number of hydrogen-bond donors (Lipinski definition) is 2. The molecule has 2 fully saturated rings. The van der Waals surface area contributed by atoms with Crippen molar-refractivity contribution < 1.29 is 14.6 Å². The smallest absolute Gasteiger partial charge is 0.410 e. The molecule has 2 N–H and O–H groups in total. The molecule has 5 nitrogen and oxygen atoms in total. The van der Waals surface area contributed by atoms with Gasteiger partial charge in [-0.2, -0.15) is 0 Å². The van der Waals surface area contributed by atoms with E-state index in [0.29, 0.717) is 24.0 Å². The topological polar surface area (TPSA) is 61.8 Å². The van der Waals surface area contributed by atoms with Gasteiger partial charge in [-0.1, -0.05) is 6.42 Å². The lowest BCUT2D eigenvalue weighted by atomic mass is 9.92. The van der Waals surface area contributed by atoms with Gasteiger partial charge < -0.3 is 20.1 Å². The first-order valence-corrected chi connectivity index (χ1v) is 9.18. The molecule has 0 aromatic carbocycles. The van der Waals surface area contributed by atoms with Gasteiger partial charge in [-0.15, -0.1) is 0 Å². The number of aliphatic hydroxyl groups is 1. The van der Waals surface area contributed by atoms with Crippen molar-refractivity contribution >= 4 is 6.09 Å². The van der Waals surface area contributed by atoms with Crippen LogP contribution in [0.3, 0.4) is 0 Å². The van der Waals surface area contributed by atoms with Gasteiger partial charge in [0.05, 0.1) is 0 Å². The number of carbonyl (C=O) groups excluding carboxylic acids is 1. The predicted molar refractivity (Wildman–Crippen MR) is 91.4 cm³/mol. The molecule has 4 atom stereocenters. The first-order valence-electron chi connectivity index (χ1n) is 9.18. The Hall–Kier alpha value is -0.810. The molecule has 1 saturated carbocycles. The monoisotopic (exact) mass is 326 g/mol.